The molecule has 3 aromatic rings. The lowest BCUT2D eigenvalue weighted by Gasteiger charge is -2.05. The maximum absolute atomic E-state index is 12.0. The smallest absolute Gasteiger partial charge is 0.228 e. The Morgan fingerprint density at radius 2 is 2.25 bits per heavy atom. The molecule has 0 fully saturated rings. The highest BCUT2D eigenvalue weighted by Gasteiger charge is 2.09. The second-order valence-electron chi connectivity index (χ2n) is 4.22. The van der Waals surface area contributed by atoms with Gasteiger partial charge in [0.1, 0.15) is 18.3 Å². The van der Waals surface area contributed by atoms with Crippen molar-refractivity contribution in [3.05, 3.63) is 53.7 Å². The normalized spacial score (nSPS) is 10.7. The van der Waals surface area contributed by atoms with Crippen LogP contribution in [0.5, 0.6) is 0 Å². The van der Waals surface area contributed by atoms with E-state index in [1.807, 2.05) is 12.1 Å². The molecule has 0 aliphatic carbocycles. The van der Waals surface area contributed by atoms with Gasteiger partial charge in [-0.2, -0.15) is 0 Å². The fourth-order valence-electron chi connectivity index (χ4n) is 1.87. The van der Waals surface area contributed by atoms with E-state index in [2.05, 4.69) is 20.5 Å². The number of fused-ring (bicyclic) bond motifs is 1. The molecule has 0 spiro atoms. The van der Waals surface area contributed by atoms with Gasteiger partial charge in [-0.15, -0.1) is 10.2 Å². The monoisotopic (exact) mass is 287 g/mol. The molecule has 1 aromatic carbocycles. The molecule has 0 radical (unpaired) electrons. The van der Waals surface area contributed by atoms with E-state index in [9.17, 15) is 4.79 Å². The van der Waals surface area contributed by atoms with E-state index in [1.54, 1.807) is 29.1 Å². The number of carbonyl (C=O) groups is 1. The number of amides is 1. The number of halogens is 1. The predicted octanol–water partition coefficient (Wildman–Crippen LogP) is 1.96. The van der Waals surface area contributed by atoms with Crippen LogP contribution in [0.25, 0.3) is 5.65 Å². The van der Waals surface area contributed by atoms with Crippen LogP contribution in [0.1, 0.15) is 5.56 Å². The van der Waals surface area contributed by atoms with Crippen LogP contribution >= 0.6 is 11.6 Å². The molecule has 2 heterocycles. The van der Waals surface area contributed by atoms with Crippen LogP contribution in [0.2, 0.25) is 5.02 Å². The molecule has 7 heteroatoms. The third-order valence-electron chi connectivity index (χ3n) is 2.74. The van der Waals surface area contributed by atoms with Crippen molar-refractivity contribution in [3.63, 3.8) is 0 Å². The first-order valence-corrected chi connectivity index (χ1v) is 6.28. The van der Waals surface area contributed by atoms with Gasteiger partial charge in [0.05, 0.1) is 12.6 Å². The number of benzene rings is 1. The van der Waals surface area contributed by atoms with E-state index in [-0.39, 0.29) is 12.3 Å². The number of nitrogens with zero attached hydrogens (tertiary/aromatic N) is 4. The summed E-state index contributed by atoms with van der Waals surface area (Å²) in [7, 11) is 0. The van der Waals surface area contributed by atoms with Gasteiger partial charge in [-0.1, -0.05) is 23.7 Å². The van der Waals surface area contributed by atoms with E-state index in [0.29, 0.717) is 16.4 Å². The van der Waals surface area contributed by atoms with Crippen molar-refractivity contribution in [2.75, 3.05) is 5.32 Å². The second-order valence-corrected chi connectivity index (χ2v) is 4.66. The Kier molecular flexibility index (Phi) is 3.30. The zero-order chi connectivity index (χ0) is 13.9. The predicted molar refractivity (Wildman–Crippen MR) is 74.6 cm³/mol. The minimum atomic E-state index is -0.162. The number of hydrogen-bond acceptors (Lipinski definition) is 4. The molecule has 100 valence electrons. The van der Waals surface area contributed by atoms with Gasteiger partial charge in [-0.3, -0.25) is 9.20 Å². The maximum Gasteiger partial charge on any atom is 0.228 e. The van der Waals surface area contributed by atoms with Crippen LogP contribution in [-0.2, 0) is 11.2 Å². The summed E-state index contributed by atoms with van der Waals surface area (Å²) in [6, 6.07) is 7.19. The highest BCUT2D eigenvalue weighted by Crippen LogP contribution is 2.14. The zero-order valence-corrected chi connectivity index (χ0v) is 11.1. The van der Waals surface area contributed by atoms with E-state index in [1.165, 1.54) is 6.33 Å². The van der Waals surface area contributed by atoms with Crippen LogP contribution < -0.4 is 5.32 Å². The quantitative estimate of drug-likeness (QED) is 0.799. The van der Waals surface area contributed by atoms with Gasteiger partial charge in [0.15, 0.2) is 5.65 Å². The molecule has 0 saturated heterocycles. The van der Waals surface area contributed by atoms with Crippen LogP contribution in [0.3, 0.4) is 0 Å². The van der Waals surface area contributed by atoms with Crippen LogP contribution in [-0.4, -0.2) is 25.5 Å². The average molecular weight is 288 g/mol. The van der Waals surface area contributed by atoms with Gasteiger partial charge in [0.25, 0.3) is 0 Å². The summed E-state index contributed by atoms with van der Waals surface area (Å²) in [5.74, 6) is -0.162. The molecule has 0 aliphatic heterocycles. The zero-order valence-electron chi connectivity index (χ0n) is 10.3. The fourth-order valence-corrected chi connectivity index (χ4v) is 2.09. The average Bonchev–Trinajstić information content (AvgIpc) is 2.88. The highest BCUT2D eigenvalue weighted by atomic mass is 35.5. The van der Waals surface area contributed by atoms with Crippen LogP contribution in [0.15, 0.2) is 43.1 Å². The number of hydrogen-bond donors (Lipinski definition) is 1. The Balaban J connectivity index is 1.77. The molecule has 0 bridgehead atoms. The van der Waals surface area contributed by atoms with Gasteiger partial charge in [0.2, 0.25) is 5.91 Å². The molecule has 2 aromatic heterocycles. The first kappa shape index (κ1) is 12.6. The van der Waals surface area contributed by atoms with E-state index in [4.69, 9.17) is 11.6 Å². The topological polar surface area (TPSA) is 72.2 Å². The molecule has 0 aliphatic rings. The lowest BCUT2D eigenvalue weighted by molar-refractivity contribution is -0.115. The summed E-state index contributed by atoms with van der Waals surface area (Å²) in [4.78, 5) is 16.0. The minimum Gasteiger partial charge on any atom is -0.321 e. The second kappa shape index (κ2) is 5.26. The molecule has 1 N–H and O–H groups in total. The highest BCUT2D eigenvalue weighted by molar-refractivity contribution is 6.30. The lowest BCUT2D eigenvalue weighted by Crippen LogP contribution is -2.15. The molecule has 6 nitrogen and oxygen atoms in total. The Labute approximate surface area is 119 Å². The standard InChI is InChI=1S/C13H10ClN5O/c14-10-3-1-2-9(4-10)5-12(20)17-11-6-15-7-19-8-16-18-13(11)19/h1-4,6-8H,5H2,(H,17,20). The molecule has 20 heavy (non-hydrogen) atoms. The summed E-state index contributed by atoms with van der Waals surface area (Å²) in [6.45, 7) is 0. The number of aromatic nitrogens is 4. The SMILES string of the molecule is O=C(Cc1cccc(Cl)c1)Nc1cncn2cnnc12. The van der Waals surface area contributed by atoms with E-state index < -0.39 is 0 Å². The molecule has 0 saturated carbocycles. The molecule has 0 atom stereocenters. The van der Waals surface area contributed by atoms with Crippen molar-refractivity contribution in [1.82, 2.24) is 19.6 Å². The summed E-state index contributed by atoms with van der Waals surface area (Å²) in [6.07, 6.45) is 4.87. The van der Waals surface area contributed by atoms with Crippen molar-refractivity contribution >= 4 is 28.8 Å². The largest absolute Gasteiger partial charge is 0.321 e. The van der Waals surface area contributed by atoms with Crippen molar-refractivity contribution in [2.24, 2.45) is 0 Å². The lowest BCUT2D eigenvalue weighted by atomic mass is 10.1. The van der Waals surface area contributed by atoms with Crippen LogP contribution in [0, 0.1) is 0 Å². The number of carbonyl (C=O) groups excluding carboxylic acids is 1. The Hall–Kier alpha value is -2.47. The third-order valence-corrected chi connectivity index (χ3v) is 2.97. The number of rotatable bonds is 3. The first-order valence-electron chi connectivity index (χ1n) is 5.90. The van der Waals surface area contributed by atoms with Gasteiger partial charge in [-0.05, 0) is 17.7 Å². The number of anilines is 1. The van der Waals surface area contributed by atoms with Crippen molar-refractivity contribution in [1.29, 1.82) is 0 Å². The van der Waals surface area contributed by atoms with Crippen molar-refractivity contribution < 1.29 is 4.79 Å². The van der Waals surface area contributed by atoms with Gasteiger partial charge < -0.3 is 5.32 Å². The summed E-state index contributed by atoms with van der Waals surface area (Å²) < 4.78 is 1.63. The number of nitrogens with one attached hydrogen (secondary N) is 1. The molecular formula is C13H10ClN5O. The Bertz CT molecular complexity index is 770. The van der Waals surface area contributed by atoms with Gasteiger partial charge in [-0.25, -0.2) is 4.98 Å². The summed E-state index contributed by atoms with van der Waals surface area (Å²) in [5, 5.41) is 11.1. The van der Waals surface area contributed by atoms with Crippen LogP contribution in [0.4, 0.5) is 5.69 Å². The summed E-state index contributed by atoms with van der Waals surface area (Å²) in [5.41, 5.74) is 1.92. The van der Waals surface area contributed by atoms with Crippen molar-refractivity contribution in [2.45, 2.75) is 6.42 Å². The molecule has 0 unspecified atom stereocenters. The minimum absolute atomic E-state index is 0.162. The maximum atomic E-state index is 12.0. The summed E-state index contributed by atoms with van der Waals surface area (Å²) >= 11 is 5.89. The fraction of sp³-hybridized carbons (Fsp3) is 0.0769. The van der Waals surface area contributed by atoms with E-state index in [0.717, 1.165) is 5.56 Å². The Morgan fingerprint density at radius 1 is 1.35 bits per heavy atom. The molecular weight excluding hydrogens is 278 g/mol. The third kappa shape index (κ3) is 2.60. The Morgan fingerprint density at radius 3 is 3.10 bits per heavy atom. The molecule has 1 amide bonds. The molecule has 3 rings (SSSR count). The van der Waals surface area contributed by atoms with Crippen molar-refractivity contribution in [3.8, 4) is 0 Å². The van der Waals surface area contributed by atoms with Gasteiger partial charge in [0, 0.05) is 5.02 Å². The van der Waals surface area contributed by atoms with E-state index >= 15 is 0 Å². The first-order chi connectivity index (χ1) is 9.72. The van der Waals surface area contributed by atoms with Gasteiger partial charge >= 0.3 is 0 Å².